The highest BCUT2D eigenvalue weighted by atomic mass is 19.4. The molecule has 2 saturated heterocycles. The first-order chi connectivity index (χ1) is 10.8. The van der Waals surface area contributed by atoms with Gasteiger partial charge in [-0.2, -0.15) is 13.2 Å². The number of rotatable bonds is 1. The molecule has 3 heterocycles. The van der Waals surface area contributed by atoms with Crippen LogP contribution in [-0.4, -0.2) is 58.9 Å². The maximum atomic E-state index is 13.0. The summed E-state index contributed by atoms with van der Waals surface area (Å²) in [5.41, 5.74) is -1.64. The summed E-state index contributed by atoms with van der Waals surface area (Å²) < 4.78 is 39.1. The number of likely N-dealkylation sites (tertiary alicyclic amines) is 1. The topological polar surface area (TPSA) is 65.5 Å². The fourth-order valence-corrected chi connectivity index (χ4v) is 3.09. The fourth-order valence-electron chi connectivity index (χ4n) is 3.09. The molecular weight excluding hydrogens is 313 g/mol. The third-order valence-corrected chi connectivity index (χ3v) is 4.31. The summed E-state index contributed by atoms with van der Waals surface area (Å²) in [6.07, 6.45) is -2.96. The number of piperidine rings is 1. The summed E-state index contributed by atoms with van der Waals surface area (Å²) in [6.45, 7) is 0.459. The van der Waals surface area contributed by atoms with Gasteiger partial charge in [0.1, 0.15) is 5.69 Å². The third-order valence-electron chi connectivity index (χ3n) is 4.31. The second-order valence-corrected chi connectivity index (χ2v) is 5.67. The number of nitrogens with zero attached hydrogens (tertiary/aromatic N) is 3. The highest BCUT2D eigenvalue weighted by Gasteiger charge is 2.43. The average molecular weight is 328 g/mol. The van der Waals surface area contributed by atoms with Gasteiger partial charge in [0.25, 0.3) is 5.91 Å². The second kappa shape index (κ2) is 5.39. The van der Waals surface area contributed by atoms with Gasteiger partial charge < -0.3 is 15.1 Å². The lowest BCUT2D eigenvalue weighted by molar-refractivity contribution is -0.138. The minimum Gasteiger partial charge on any atom is -0.335 e. The lowest BCUT2D eigenvalue weighted by Gasteiger charge is -2.35. The second-order valence-electron chi connectivity index (χ2n) is 5.67. The molecule has 0 aromatic carbocycles. The van der Waals surface area contributed by atoms with Crippen LogP contribution in [0.25, 0.3) is 0 Å². The summed E-state index contributed by atoms with van der Waals surface area (Å²) in [7, 11) is 1.66. The Balaban J connectivity index is 1.82. The summed E-state index contributed by atoms with van der Waals surface area (Å²) in [5, 5.41) is 2.74. The molecule has 0 aliphatic carbocycles. The van der Waals surface area contributed by atoms with Gasteiger partial charge in [0.05, 0.1) is 17.6 Å². The van der Waals surface area contributed by atoms with E-state index in [0.29, 0.717) is 6.42 Å². The van der Waals surface area contributed by atoms with E-state index >= 15 is 0 Å². The van der Waals surface area contributed by atoms with Gasteiger partial charge in [-0.3, -0.25) is 9.78 Å². The normalized spacial score (nSPS) is 24.4. The molecule has 0 spiro atoms. The van der Waals surface area contributed by atoms with Crippen molar-refractivity contribution in [1.82, 2.24) is 20.1 Å². The Bertz CT molecular complexity index is 649. The molecule has 2 atom stereocenters. The molecule has 0 bridgehead atoms. The van der Waals surface area contributed by atoms with Crippen LogP contribution in [0.1, 0.15) is 22.5 Å². The molecule has 9 heteroatoms. The number of pyridine rings is 1. The lowest BCUT2D eigenvalue weighted by atomic mass is 9.99. The van der Waals surface area contributed by atoms with Crippen molar-refractivity contribution < 1.29 is 22.8 Å². The molecule has 3 amide bonds. The van der Waals surface area contributed by atoms with E-state index in [1.165, 1.54) is 11.1 Å². The molecule has 1 N–H and O–H groups in total. The van der Waals surface area contributed by atoms with E-state index in [1.54, 1.807) is 11.9 Å². The van der Waals surface area contributed by atoms with E-state index in [0.717, 1.165) is 12.1 Å². The molecule has 23 heavy (non-hydrogen) atoms. The number of fused-ring (bicyclic) bond motifs is 1. The summed E-state index contributed by atoms with van der Waals surface area (Å²) in [4.78, 5) is 30.6. The number of halogens is 3. The lowest BCUT2D eigenvalue weighted by Crippen LogP contribution is -2.52. The number of likely N-dealkylation sites (N-methyl/N-ethyl adjacent to an activating group) is 1. The average Bonchev–Trinajstić information content (AvgIpc) is 2.80. The van der Waals surface area contributed by atoms with Gasteiger partial charge in [0.15, 0.2) is 0 Å². The van der Waals surface area contributed by atoms with Crippen molar-refractivity contribution in [3.63, 3.8) is 0 Å². The molecule has 6 nitrogen and oxygen atoms in total. The van der Waals surface area contributed by atoms with Gasteiger partial charge >= 0.3 is 12.2 Å². The Kier molecular flexibility index (Phi) is 3.65. The molecule has 0 radical (unpaired) electrons. The maximum Gasteiger partial charge on any atom is 0.418 e. The van der Waals surface area contributed by atoms with Crippen molar-refractivity contribution in [2.45, 2.75) is 24.7 Å². The zero-order valence-electron chi connectivity index (χ0n) is 12.3. The van der Waals surface area contributed by atoms with Crippen molar-refractivity contribution in [1.29, 1.82) is 0 Å². The van der Waals surface area contributed by atoms with Crippen LogP contribution >= 0.6 is 0 Å². The molecular formula is C14H15F3N4O2. The van der Waals surface area contributed by atoms with Gasteiger partial charge in [0.2, 0.25) is 0 Å². The van der Waals surface area contributed by atoms with E-state index in [1.807, 2.05) is 0 Å². The largest absolute Gasteiger partial charge is 0.418 e. The van der Waals surface area contributed by atoms with Crippen LogP contribution in [0.3, 0.4) is 0 Å². The van der Waals surface area contributed by atoms with Crippen LogP contribution < -0.4 is 5.32 Å². The van der Waals surface area contributed by atoms with E-state index in [4.69, 9.17) is 0 Å². The van der Waals surface area contributed by atoms with Crippen molar-refractivity contribution in [2.24, 2.45) is 0 Å². The number of hydrogen-bond donors (Lipinski definition) is 1. The Morgan fingerprint density at radius 3 is 2.87 bits per heavy atom. The number of carbonyl (C=O) groups is 2. The molecule has 2 aliphatic heterocycles. The van der Waals surface area contributed by atoms with Crippen LogP contribution in [0.15, 0.2) is 18.3 Å². The number of amides is 3. The standard InChI is InChI=1S/C14H15F3N4O2/c1-20-10-4-6-21(7-9(10)19-13(20)23)12(22)11-8(14(15,16)17)3-2-5-18-11/h2-3,5,9-10H,4,6-7H2,1H3,(H,19,23)/t9-,10+/m1/s1. The van der Waals surface area contributed by atoms with E-state index in [9.17, 15) is 22.8 Å². The van der Waals surface area contributed by atoms with Gasteiger partial charge in [-0.1, -0.05) is 0 Å². The van der Waals surface area contributed by atoms with Crippen molar-refractivity contribution in [2.75, 3.05) is 20.1 Å². The zero-order valence-corrected chi connectivity index (χ0v) is 12.3. The number of nitrogens with one attached hydrogen (secondary N) is 1. The monoisotopic (exact) mass is 328 g/mol. The first-order valence-corrected chi connectivity index (χ1v) is 7.14. The highest BCUT2D eigenvalue weighted by molar-refractivity contribution is 5.94. The van der Waals surface area contributed by atoms with Crippen LogP contribution in [0, 0.1) is 0 Å². The number of urea groups is 1. The quantitative estimate of drug-likeness (QED) is 0.846. The molecule has 1 aromatic heterocycles. The number of hydrogen-bond acceptors (Lipinski definition) is 3. The van der Waals surface area contributed by atoms with Gasteiger partial charge in [0, 0.05) is 26.3 Å². The van der Waals surface area contributed by atoms with Crippen molar-refractivity contribution >= 4 is 11.9 Å². The Hall–Kier alpha value is -2.32. The van der Waals surface area contributed by atoms with Crippen LogP contribution in [0.4, 0.5) is 18.0 Å². The third kappa shape index (κ3) is 2.71. The Morgan fingerprint density at radius 1 is 1.43 bits per heavy atom. The SMILES string of the molecule is CN1C(=O)N[C@@H]2CN(C(=O)c3ncccc3C(F)(F)F)CC[C@@H]21. The zero-order chi connectivity index (χ0) is 16.8. The minimum atomic E-state index is -4.64. The van der Waals surface area contributed by atoms with Gasteiger partial charge in [-0.15, -0.1) is 0 Å². The Labute approximate surface area is 130 Å². The van der Waals surface area contributed by atoms with Crippen molar-refractivity contribution in [3.8, 4) is 0 Å². The van der Waals surface area contributed by atoms with Crippen molar-refractivity contribution in [3.05, 3.63) is 29.6 Å². The van der Waals surface area contributed by atoms with Crippen LogP contribution in [0.5, 0.6) is 0 Å². The summed E-state index contributed by atoms with van der Waals surface area (Å²) in [5.74, 6) is -0.764. The van der Waals surface area contributed by atoms with Crippen LogP contribution in [-0.2, 0) is 6.18 Å². The maximum absolute atomic E-state index is 13.0. The predicted octanol–water partition coefficient (Wildman–Crippen LogP) is 1.34. The smallest absolute Gasteiger partial charge is 0.335 e. The van der Waals surface area contributed by atoms with Gasteiger partial charge in [-0.05, 0) is 18.6 Å². The first kappa shape index (κ1) is 15.6. The predicted molar refractivity (Wildman–Crippen MR) is 73.6 cm³/mol. The fraction of sp³-hybridized carbons (Fsp3) is 0.500. The van der Waals surface area contributed by atoms with Crippen LogP contribution in [0.2, 0.25) is 0 Å². The van der Waals surface area contributed by atoms with Gasteiger partial charge in [-0.25, -0.2) is 4.79 Å². The number of carbonyl (C=O) groups excluding carboxylic acids is 2. The molecule has 2 fully saturated rings. The molecule has 1 aromatic rings. The summed E-state index contributed by atoms with van der Waals surface area (Å²) >= 11 is 0. The number of aromatic nitrogens is 1. The highest BCUT2D eigenvalue weighted by Crippen LogP contribution is 2.32. The Morgan fingerprint density at radius 2 is 2.17 bits per heavy atom. The molecule has 3 rings (SSSR count). The van der Waals surface area contributed by atoms with E-state index < -0.39 is 23.3 Å². The van der Waals surface area contributed by atoms with E-state index in [-0.39, 0.29) is 31.2 Å². The minimum absolute atomic E-state index is 0.0441. The number of alkyl halides is 3. The molecule has 0 saturated carbocycles. The first-order valence-electron chi connectivity index (χ1n) is 7.14. The van der Waals surface area contributed by atoms with E-state index in [2.05, 4.69) is 10.3 Å². The summed E-state index contributed by atoms with van der Waals surface area (Å²) in [6, 6.07) is 1.44. The molecule has 2 aliphatic rings. The molecule has 0 unspecified atom stereocenters. The molecule has 124 valence electrons.